The summed E-state index contributed by atoms with van der Waals surface area (Å²) >= 11 is 19.1. The van der Waals surface area contributed by atoms with Gasteiger partial charge in [0.1, 0.15) is 5.52 Å². The molecule has 0 atom stereocenters. The smallest absolute Gasteiger partial charge is 0.229 e. The van der Waals surface area contributed by atoms with E-state index in [1.165, 1.54) is 6.33 Å². The van der Waals surface area contributed by atoms with E-state index in [2.05, 4.69) is 30.3 Å². The number of nitrogens with two attached hydrogens (primary N) is 1. The molecule has 4 aromatic rings. The fourth-order valence-electron chi connectivity index (χ4n) is 5.82. The van der Waals surface area contributed by atoms with Gasteiger partial charge in [0.15, 0.2) is 12.0 Å². The molecule has 2 aliphatic carbocycles. The average Bonchev–Trinajstić information content (AvgIpc) is 3.59. The lowest BCUT2D eigenvalue weighted by Gasteiger charge is -2.29. The third kappa shape index (κ3) is 5.55. The Kier molecular flexibility index (Phi) is 7.69. The number of nitrogens with one attached hydrogen (secondary N) is 2. The van der Waals surface area contributed by atoms with Crippen LogP contribution in [0.2, 0.25) is 15.1 Å². The molecule has 2 aliphatic rings. The van der Waals surface area contributed by atoms with Crippen LogP contribution in [-0.2, 0) is 4.79 Å². The summed E-state index contributed by atoms with van der Waals surface area (Å²) < 4.78 is 7.32. The number of hydrogen-bond acceptors (Lipinski definition) is 9. The molecule has 210 valence electrons. The molecule has 3 aromatic heterocycles. The van der Waals surface area contributed by atoms with Gasteiger partial charge in [-0.1, -0.05) is 40.0 Å². The van der Waals surface area contributed by atoms with Crippen LogP contribution in [0.1, 0.15) is 69.2 Å². The van der Waals surface area contributed by atoms with E-state index in [1.807, 2.05) is 0 Å². The highest BCUT2D eigenvalue weighted by Crippen LogP contribution is 2.40. The van der Waals surface area contributed by atoms with Gasteiger partial charge in [-0.2, -0.15) is 9.97 Å². The van der Waals surface area contributed by atoms with Crippen molar-refractivity contribution >= 4 is 69.5 Å². The van der Waals surface area contributed by atoms with E-state index >= 15 is 0 Å². The van der Waals surface area contributed by atoms with Crippen LogP contribution in [0.15, 0.2) is 29.2 Å². The van der Waals surface area contributed by atoms with Crippen LogP contribution in [-0.4, -0.2) is 41.6 Å². The highest BCUT2D eigenvalue weighted by molar-refractivity contribution is 6.41. The average molecular weight is 605 g/mol. The second-order valence-electron chi connectivity index (χ2n) is 10.5. The normalized spacial score (nSPS) is 23.3. The molecule has 0 bridgehead atoms. The SMILES string of the molecule is NC(=O)[C@H]1CC[C@H](n2c(Nc3c(Cl)cc(Cl)cc3Cl)nc3cnc(NC4CCC(c5ncno5)CC4)nc32)CC1. The maximum atomic E-state index is 11.8. The van der Waals surface area contributed by atoms with Crippen molar-refractivity contribution in [3.63, 3.8) is 0 Å². The molecule has 0 aliphatic heterocycles. The zero-order valence-corrected chi connectivity index (χ0v) is 23.8. The van der Waals surface area contributed by atoms with Crippen LogP contribution < -0.4 is 16.4 Å². The Labute approximate surface area is 245 Å². The topological polar surface area (TPSA) is 150 Å². The van der Waals surface area contributed by atoms with E-state index in [0.717, 1.165) is 38.5 Å². The van der Waals surface area contributed by atoms with Gasteiger partial charge in [-0.15, -0.1) is 0 Å². The van der Waals surface area contributed by atoms with Gasteiger partial charge in [-0.05, 0) is 63.5 Å². The number of amides is 1. The maximum absolute atomic E-state index is 11.8. The molecule has 0 saturated heterocycles. The van der Waals surface area contributed by atoms with Crippen LogP contribution >= 0.6 is 34.8 Å². The molecule has 4 N–H and O–H groups in total. The molecular weight excluding hydrogens is 577 g/mol. The number of primary amides is 1. The molecule has 6 rings (SSSR count). The number of imidazole rings is 1. The van der Waals surface area contributed by atoms with Crippen LogP contribution in [0, 0.1) is 5.92 Å². The van der Waals surface area contributed by atoms with Crippen LogP contribution in [0.25, 0.3) is 11.2 Å². The summed E-state index contributed by atoms with van der Waals surface area (Å²) in [5.41, 5.74) is 7.41. The first-order chi connectivity index (χ1) is 19.4. The largest absolute Gasteiger partial charge is 0.369 e. The Morgan fingerprint density at radius 1 is 0.975 bits per heavy atom. The first-order valence-corrected chi connectivity index (χ1v) is 14.5. The van der Waals surface area contributed by atoms with Crippen molar-refractivity contribution in [3.8, 4) is 0 Å². The van der Waals surface area contributed by atoms with Crippen molar-refractivity contribution in [2.24, 2.45) is 11.7 Å². The molecule has 0 spiro atoms. The zero-order valence-electron chi connectivity index (χ0n) is 21.5. The van der Waals surface area contributed by atoms with Gasteiger partial charge in [-0.3, -0.25) is 9.36 Å². The number of carbonyl (C=O) groups is 1. The minimum atomic E-state index is -0.255. The molecule has 0 unspecified atom stereocenters. The maximum Gasteiger partial charge on any atom is 0.229 e. The highest BCUT2D eigenvalue weighted by atomic mass is 35.5. The Balaban J connectivity index is 1.28. The van der Waals surface area contributed by atoms with Gasteiger partial charge >= 0.3 is 0 Å². The number of nitrogens with zero attached hydrogens (tertiary/aromatic N) is 6. The van der Waals surface area contributed by atoms with Crippen molar-refractivity contribution in [2.75, 3.05) is 10.6 Å². The minimum absolute atomic E-state index is 0.0422. The van der Waals surface area contributed by atoms with Crippen molar-refractivity contribution in [1.82, 2.24) is 29.7 Å². The van der Waals surface area contributed by atoms with E-state index in [1.54, 1.807) is 18.3 Å². The first-order valence-electron chi connectivity index (χ1n) is 13.3. The third-order valence-corrected chi connectivity index (χ3v) is 8.74. The van der Waals surface area contributed by atoms with Crippen molar-refractivity contribution in [1.29, 1.82) is 0 Å². The molecule has 11 nitrogen and oxygen atoms in total. The minimum Gasteiger partial charge on any atom is -0.369 e. The lowest BCUT2D eigenvalue weighted by Crippen LogP contribution is -2.29. The number of halogens is 3. The Bertz CT molecular complexity index is 1490. The summed E-state index contributed by atoms with van der Waals surface area (Å²) in [7, 11) is 0. The van der Waals surface area contributed by atoms with Gasteiger partial charge < -0.3 is 20.9 Å². The summed E-state index contributed by atoms with van der Waals surface area (Å²) in [5, 5.41) is 11.7. The van der Waals surface area contributed by atoms with Gasteiger partial charge in [0, 0.05) is 28.9 Å². The highest BCUT2D eigenvalue weighted by Gasteiger charge is 2.30. The van der Waals surface area contributed by atoms with Crippen molar-refractivity contribution in [3.05, 3.63) is 45.6 Å². The number of hydrogen-bond donors (Lipinski definition) is 3. The van der Waals surface area contributed by atoms with Gasteiger partial charge in [0.05, 0.1) is 21.9 Å². The standard InChI is InChI=1S/C26H28Cl3N9O2/c27-15-9-18(28)21(19(29)10-15)36-26-35-20-11-31-25(34-16-5-1-14(2-6-16)24-32-12-33-40-24)37-23(20)38(26)17-7-3-13(4-8-17)22(30)39/h9-14,16-17H,1-8H2,(H2,30,39)(H,35,36)(H,31,34,37)/t13-,14?,16?,17-. The number of rotatable bonds is 7. The molecule has 1 amide bonds. The predicted octanol–water partition coefficient (Wildman–Crippen LogP) is 6.27. The monoisotopic (exact) mass is 603 g/mol. The molecule has 0 radical (unpaired) electrons. The van der Waals surface area contributed by atoms with E-state index in [4.69, 9.17) is 55.0 Å². The molecule has 2 saturated carbocycles. The van der Waals surface area contributed by atoms with Crippen molar-refractivity contribution < 1.29 is 9.32 Å². The Morgan fingerprint density at radius 3 is 2.35 bits per heavy atom. The summed E-state index contributed by atoms with van der Waals surface area (Å²) in [5.74, 6) is 1.67. The van der Waals surface area contributed by atoms with Gasteiger partial charge in [0.2, 0.25) is 23.7 Å². The molecule has 14 heteroatoms. The van der Waals surface area contributed by atoms with Gasteiger partial charge in [0.25, 0.3) is 0 Å². The zero-order chi connectivity index (χ0) is 27.8. The van der Waals surface area contributed by atoms with Crippen LogP contribution in [0.5, 0.6) is 0 Å². The van der Waals surface area contributed by atoms with E-state index in [-0.39, 0.29) is 29.8 Å². The molecule has 3 heterocycles. The molecule has 40 heavy (non-hydrogen) atoms. The van der Waals surface area contributed by atoms with Gasteiger partial charge in [-0.25, -0.2) is 9.97 Å². The van der Waals surface area contributed by atoms with E-state index < -0.39 is 0 Å². The number of aromatic nitrogens is 6. The summed E-state index contributed by atoms with van der Waals surface area (Å²) in [6, 6.07) is 3.51. The second kappa shape index (κ2) is 11.4. The van der Waals surface area contributed by atoms with E-state index in [0.29, 0.717) is 62.5 Å². The number of anilines is 3. The Hall–Kier alpha value is -3.15. The summed E-state index contributed by atoms with van der Waals surface area (Å²) in [6.07, 6.45) is 9.82. The Morgan fingerprint density at radius 2 is 1.70 bits per heavy atom. The second-order valence-corrected chi connectivity index (χ2v) is 11.7. The summed E-state index contributed by atoms with van der Waals surface area (Å²) in [6.45, 7) is 0. The fraction of sp³-hybridized carbons (Fsp3) is 0.462. The fourth-order valence-corrected chi connectivity index (χ4v) is 6.73. The molecular formula is C26H28Cl3N9O2. The van der Waals surface area contributed by atoms with E-state index in [9.17, 15) is 4.79 Å². The van der Waals surface area contributed by atoms with Crippen LogP contribution in [0.4, 0.5) is 17.6 Å². The van der Waals surface area contributed by atoms with Crippen LogP contribution in [0.3, 0.4) is 0 Å². The lowest BCUT2D eigenvalue weighted by molar-refractivity contribution is -0.122. The third-order valence-electron chi connectivity index (χ3n) is 7.93. The first kappa shape index (κ1) is 27.0. The number of fused-ring (bicyclic) bond motifs is 1. The quantitative estimate of drug-likeness (QED) is 0.222. The van der Waals surface area contributed by atoms with Crippen molar-refractivity contribution in [2.45, 2.75) is 69.4 Å². The molecule has 1 aromatic carbocycles. The lowest BCUT2D eigenvalue weighted by atomic mass is 9.85. The number of benzene rings is 1. The summed E-state index contributed by atoms with van der Waals surface area (Å²) in [4.78, 5) is 30.3. The number of carbonyl (C=O) groups excluding carboxylic acids is 1. The molecule has 2 fully saturated rings. The predicted molar refractivity (Wildman–Crippen MR) is 153 cm³/mol.